The monoisotopic (exact) mass is 458 g/mol. The van der Waals surface area contributed by atoms with Gasteiger partial charge in [0.05, 0.1) is 28.8 Å². The van der Waals surface area contributed by atoms with E-state index >= 15 is 0 Å². The number of hydrogen-bond donors (Lipinski definition) is 1. The van der Waals surface area contributed by atoms with E-state index in [4.69, 9.17) is 32.7 Å². The molecule has 156 valence electrons. The number of benzene rings is 2. The van der Waals surface area contributed by atoms with Crippen molar-refractivity contribution in [3.05, 3.63) is 52.5 Å². The first kappa shape index (κ1) is 21.7. The Morgan fingerprint density at radius 1 is 1.14 bits per heavy atom. The zero-order valence-electron chi connectivity index (χ0n) is 15.6. The van der Waals surface area contributed by atoms with E-state index in [1.54, 1.807) is 17.9 Å². The number of nitrogens with one attached hydrogen (secondary N) is 1. The number of rotatable bonds is 6. The first-order chi connectivity index (χ1) is 13.8. The van der Waals surface area contributed by atoms with Gasteiger partial charge in [-0.3, -0.25) is 9.52 Å². The van der Waals surface area contributed by atoms with Gasteiger partial charge in [0, 0.05) is 18.1 Å². The molecular formula is C19H20Cl2N2O5S. The van der Waals surface area contributed by atoms with Crippen molar-refractivity contribution in [2.75, 3.05) is 31.0 Å². The fourth-order valence-corrected chi connectivity index (χ4v) is 4.24. The number of sulfonamides is 1. The zero-order chi connectivity index (χ0) is 21.0. The molecule has 2 aromatic carbocycles. The molecule has 0 aliphatic carbocycles. The van der Waals surface area contributed by atoms with Gasteiger partial charge in [0.15, 0.2) is 6.10 Å². The van der Waals surface area contributed by atoms with Crippen molar-refractivity contribution in [2.24, 2.45) is 0 Å². The Kier molecular flexibility index (Phi) is 6.89. The Labute approximate surface area is 179 Å². The molecule has 0 aromatic heterocycles. The average Bonchev–Trinajstić information content (AvgIpc) is 2.71. The lowest BCUT2D eigenvalue weighted by atomic mass is 10.3. The molecule has 0 spiro atoms. The number of anilines is 1. The van der Waals surface area contributed by atoms with Crippen LogP contribution in [0.4, 0.5) is 5.69 Å². The molecule has 1 aliphatic heterocycles. The lowest BCUT2D eigenvalue weighted by molar-refractivity contribution is -0.142. The normalized spacial score (nSPS) is 15.6. The molecule has 0 saturated carbocycles. The quantitative estimate of drug-likeness (QED) is 0.716. The van der Waals surface area contributed by atoms with Crippen molar-refractivity contribution in [1.29, 1.82) is 0 Å². The van der Waals surface area contributed by atoms with Crippen LogP contribution < -0.4 is 9.46 Å². The van der Waals surface area contributed by atoms with Crippen molar-refractivity contribution < 1.29 is 22.7 Å². The van der Waals surface area contributed by atoms with Crippen LogP contribution in [0.1, 0.15) is 6.92 Å². The molecule has 2 aromatic rings. The van der Waals surface area contributed by atoms with Gasteiger partial charge in [-0.15, -0.1) is 0 Å². The molecule has 1 N–H and O–H groups in total. The van der Waals surface area contributed by atoms with E-state index in [1.807, 2.05) is 0 Å². The van der Waals surface area contributed by atoms with Crippen molar-refractivity contribution in [2.45, 2.75) is 17.9 Å². The molecule has 1 heterocycles. The maximum atomic E-state index is 12.6. The lowest BCUT2D eigenvalue weighted by Crippen LogP contribution is -2.46. The number of carbonyl (C=O) groups excluding carboxylic acids is 1. The summed E-state index contributed by atoms with van der Waals surface area (Å²) >= 11 is 11.9. The molecule has 1 amide bonds. The second kappa shape index (κ2) is 9.21. The van der Waals surface area contributed by atoms with Crippen LogP contribution in [0.5, 0.6) is 5.75 Å². The summed E-state index contributed by atoms with van der Waals surface area (Å²) in [5.41, 5.74) is 0.184. The number of nitrogens with zero attached hydrogens (tertiary/aromatic N) is 1. The van der Waals surface area contributed by atoms with Crippen molar-refractivity contribution in [1.82, 2.24) is 4.90 Å². The van der Waals surface area contributed by atoms with Gasteiger partial charge < -0.3 is 14.4 Å². The molecule has 1 saturated heterocycles. The van der Waals surface area contributed by atoms with Gasteiger partial charge in [-0.05, 0) is 49.4 Å². The third kappa shape index (κ3) is 5.54. The topological polar surface area (TPSA) is 84.9 Å². The van der Waals surface area contributed by atoms with Crippen molar-refractivity contribution >= 4 is 44.8 Å². The van der Waals surface area contributed by atoms with Crippen molar-refractivity contribution in [3.63, 3.8) is 0 Å². The minimum absolute atomic E-state index is 0.0213. The SMILES string of the molecule is C[C@H](Oc1ccc(S(=O)(=O)Nc2cc(Cl)ccc2Cl)cc1)C(=O)N1CCOCC1. The maximum Gasteiger partial charge on any atom is 0.263 e. The first-order valence-electron chi connectivity index (χ1n) is 8.87. The van der Waals surface area contributed by atoms with Crippen LogP contribution in [-0.4, -0.2) is 51.6 Å². The molecule has 1 aliphatic rings. The summed E-state index contributed by atoms with van der Waals surface area (Å²) < 4.78 is 38.5. The Morgan fingerprint density at radius 2 is 1.79 bits per heavy atom. The van der Waals surface area contributed by atoms with Crippen LogP contribution in [0, 0.1) is 0 Å². The fraction of sp³-hybridized carbons (Fsp3) is 0.316. The van der Waals surface area contributed by atoms with Gasteiger partial charge >= 0.3 is 0 Å². The van der Waals surface area contributed by atoms with Gasteiger partial charge in [0.25, 0.3) is 15.9 Å². The average molecular weight is 459 g/mol. The lowest BCUT2D eigenvalue weighted by Gasteiger charge is -2.29. The minimum atomic E-state index is -3.87. The Bertz CT molecular complexity index is 977. The third-order valence-corrected chi connectivity index (χ3v) is 6.24. The van der Waals surface area contributed by atoms with E-state index < -0.39 is 16.1 Å². The maximum absolute atomic E-state index is 12.6. The first-order valence-corrected chi connectivity index (χ1v) is 11.1. The smallest absolute Gasteiger partial charge is 0.263 e. The highest BCUT2D eigenvalue weighted by Crippen LogP contribution is 2.28. The van der Waals surface area contributed by atoms with Crippen LogP contribution >= 0.6 is 23.2 Å². The van der Waals surface area contributed by atoms with Gasteiger partial charge in [0.1, 0.15) is 5.75 Å². The van der Waals surface area contributed by atoms with Crippen LogP contribution in [-0.2, 0) is 19.6 Å². The molecule has 3 rings (SSSR count). The van der Waals surface area contributed by atoms with Gasteiger partial charge in [-0.25, -0.2) is 8.42 Å². The second-order valence-corrected chi connectivity index (χ2v) is 8.92. The van der Waals surface area contributed by atoms with Crippen molar-refractivity contribution in [3.8, 4) is 5.75 Å². The van der Waals surface area contributed by atoms with Crippen LogP contribution in [0.15, 0.2) is 47.4 Å². The molecule has 7 nitrogen and oxygen atoms in total. The number of halogens is 2. The highest BCUT2D eigenvalue weighted by atomic mass is 35.5. The van der Waals surface area contributed by atoms with E-state index in [2.05, 4.69) is 4.72 Å². The van der Waals surface area contributed by atoms with Gasteiger partial charge in [-0.1, -0.05) is 23.2 Å². The molecule has 0 unspecified atom stereocenters. The Hall–Kier alpha value is -2.00. The summed E-state index contributed by atoms with van der Waals surface area (Å²) in [4.78, 5) is 14.1. The van der Waals surface area contributed by atoms with Crippen LogP contribution in [0.2, 0.25) is 10.0 Å². The highest BCUT2D eigenvalue weighted by molar-refractivity contribution is 7.92. The van der Waals surface area contributed by atoms with E-state index in [1.165, 1.54) is 36.4 Å². The summed E-state index contributed by atoms with van der Waals surface area (Å²) in [6, 6.07) is 10.3. The number of ether oxygens (including phenoxy) is 2. The summed E-state index contributed by atoms with van der Waals surface area (Å²) in [5, 5.41) is 0.586. The number of amides is 1. The number of carbonyl (C=O) groups is 1. The largest absolute Gasteiger partial charge is 0.481 e. The molecule has 29 heavy (non-hydrogen) atoms. The Morgan fingerprint density at radius 3 is 2.45 bits per heavy atom. The summed E-state index contributed by atoms with van der Waals surface area (Å²) in [6.45, 7) is 3.73. The van der Waals surface area contributed by atoms with Crippen LogP contribution in [0.25, 0.3) is 0 Å². The predicted molar refractivity (Wildman–Crippen MR) is 111 cm³/mol. The molecule has 1 atom stereocenters. The minimum Gasteiger partial charge on any atom is -0.481 e. The Balaban J connectivity index is 1.67. The van der Waals surface area contributed by atoms with E-state index in [0.717, 1.165) is 0 Å². The standard InChI is InChI=1S/C19H20Cl2N2O5S/c1-13(19(24)23-8-10-27-11-9-23)28-15-3-5-16(6-4-15)29(25,26)22-18-12-14(20)2-7-17(18)21/h2-7,12-13,22H,8-11H2,1H3/t13-/m0/s1. The zero-order valence-corrected chi connectivity index (χ0v) is 17.9. The molecular weight excluding hydrogens is 439 g/mol. The fourth-order valence-electron chi connectivity index (χ4n) is 2.77. The van der Waals surface area contributed by atoms with Crippen LogP contribution in [0.3, 0.4) is 0 Å². The predicted octanol–water partition coefficient (Wildman–Crippen LogP) is 3.42. The van der Waals surface area contributed by atoms with Gasteiger partial charge in [-0.2, -0.15) is 0 Å². The van der Waals surface area contributed by atoms with E-state index in [0.29, 0.717) is 37.1 Å². The second-order valence-electron chi connectivity index (χ2n) is 6.40. The molecule has 10 heteroatoms. The number of hydrogen-bond acceptors (Lipinski definition) is 5. The summed E-state index contributed by atoms with van der Waals surface area (Å²) in [5.74, 6) is 0.251. The summed E-state index contributed by atoms with van der Waals surface area (Å²) in [7, 11) is -3.87. The van der Waals surface area contributed by atoms with Gasteiger partial charge in [0.2, 0.25) is 0 Å². The molecule has 1 fully saturated rings. The third-order valence-electron chi connectivity index (χ3n) is 4.29. The highest BCUT2D eigenvalue weighted by Gasteiger charge is 2.24. The molecule has 0 bridgehead atoms. The van der Waals surface area contributed by atoms with E-state index in [9.17, 15) is 13.2 Å². The number of morpholine rings is 1. The summed E-state index contributed by atoms with van der Waals surface area (Å²) in [6.07, 6.45) is -0.695. The van der Waals surface area contributed by atoms with E-state index in [-0.39, 0.29) is 21.5 Å². The molecule has 0 radical (unpaired) electrons.